The number of nitrogens with zero attached hydrogens (tertiary/aromatic N) is 3. The number of piperidine rings is 1. The third-order valence-electron chi connectivity index (χ3n) is 5.34. The standard InChI is InChI=1S/C22H32N4O5/c1-22(2,3)31-21(28)24-17-8-9-25(14-19(17)30-5)10-11-26-18-12-15(29-4)6-7-16(18)23-13-20(26)27/h6-7,12-13,17,19H,8-11,14H2,1-5H3,(H,24,28)/t17-,19-/m1/s1. The zero-order valence-electron chi connectivity index (χ0n) is 18.9. The van der Waals surface area contributed by atoms with Crippen molar-refractivity contribution in [2.45, 2.75) is 51.5 Å². The molecular weight excluding hydrogens is 400 g/mol. The number of methoxy groups -OCH3 is 2. The average molecular weight is 433 g/mol. The minimum Gasteiger partial charge on any atom is -0.497 e. The van der Waals surface area contributed by atoms with E-state index in [9.17, 15) is 9.59 Å². The van der Waals surface area contributed by atoms with Gasteiger partial charge in [-0.3, -0.25) is 9.69 Å². The summed E-state index contributed by atoms with van der Waals surface area (Å²) in [5, 5.41) is 2.93. The molecule has 9 nitrogen and oxygen atoms in total. The lowest BCUT2D eigenvalue weighted by Crippen LogP contribution is -2.55. The van der Waals surface area contributed by atoms with E-state index in [0.717, 1.165) is 24.0 Å². The Balaban J connectivity index is 1.64. The molecular formula is C22H32N4O5. The number of amides is 1. The third-order valence-corrected chi connectivity index (χ3v) is 5.34. The van der Waals surface area contributed by atoms with Gasteiger partial charge in [-0.25, -0.2) is 9.78 Å². The van der Waals surface area contributed by atoms with E-state index in [4.69, 9.17) is 14.2 Å². The van der Waals surface area contributed by atoms with Gasteiger partial charge in [0.2, 0.25) is 0 Å². The Kier molecular flexibility index (Phi) is 7.17. The minimum absolute atomic E-state index is 0.121. The number of ether oxygens (including phenoxy) is 3. The molecule has 3 rings (SSSR count). The van der Waals surface area contributed by atoms with Crippen LogP contribution < -0.4 is 15.6 Å². The molecule has 1 amide bonds. The van der Waals surface area contributed by atoms with Crippen LogP contribution in [0.2, 0.25) is 0 Å². The molecule has 2 aromatic rings. The SMILES string of the molecule is COc1ccc2ncc(=O)n(CCN3CC[C@@H](NC(=O)OC(C)(C)C)[C@H](OC)C3)c2c1. The van der Waals surface area contributed by atoms with Crippen LogP contribution in [-0.4, -0.2) is 72.1 Å². The van der Waals surface area contributed by atoms with E-state index in [2.05, 4.69) is 15.2 Å². The van der Waals surface area contributed by atoms with E-state index < -0.39 is 11.7 Å². The molecule has 170 valence electrons. The minimum atomic E-state index is -0.545. The molecule has 1 N–H and O–H groups in total. The summed E-state index contributed by atoms with van der Waals surface area (Å²) in [6.07, 6.45) is 1.49. The largest absolute Gasteiger partial charge is 0.497 e. The van der Waals surface area contributed by atoms with Crippen LogP contribution in [0, 0.1) is 0 Å². The molecule has 1 aromatic carbocycles. The van der Waals surface area contributed by atoms with Crippen molar-refractivity contribution in [3.63, 3.8) is 0 Å². The van der Waals surface area contributed by atoms with E-state index in [1.54, 1.807) is 18.8 Å². The number of carbonyl (C=O) groups is 1. The number of benzene rings is 1. The summed E-state index contributed by atoms with van der Waals surface area (Å²) < 4.78 is 18.0. The van der Waals surface area contributed by atoms with Crippen LogP contribution >= 0.6 is 0 Å². The quantitative estimate of drug-likeness (QED) is 0.746. The van der Waals surface area contributed by atoms with Crippen molar-refractivity contribution in [1.82, 2.24) is 19.8 Å². The van der Waals surface area contributed by atoms with Crippen LogP contribution in [0.5, 0.6) is 5.75 Å². The summed E-state index contributed by atoms with van der Waals surface area (Å²) in [7, 11) is 3.24. The molecule has 0 unspecified atom stereocenters. The van der Waals surface area contributed by atoms with Gasteiger partial charge in [0.05, 0.1) is 36.5 Å². The predicted octanol–water partition coefficient (Wildman–Crippen LogP) is 2.02. The summed E-state index contributed by atoms with van der Waals surface area (Å²) in [4.78, 5) is 31.1. The lowest BCUT2D eigenvalue weighted by Gasteiger charge is -2.38. The van der Waals surface area contributed by atoms with E-state index in [1.807, 2.05) is 39.0 Å². The highest BCUT2D eigenvalue weighted by Gasteiger charge is 2.31. The van der Waals surface area contributed by atoms with Crippen LogP contribution in [0.15, 0.2) is 29.2 Å². The van der Waals surface area contributed by atoms with Gasteiger partial charge in [-0.15, -0.1) is 0 Å². The van der Waals surface area contributed by atoms with Gasteiger partial charge >= 0.3 is 6.09 Å². The molecule has 1 saturated heterocycles. The van der Waals surface area contributed by atoms with Gasteiger partial charge in [-0.2, -0.15) is 0 Å². The van der Waals surface area contributed by atoms with Gasteiger partial charge in [0.15, 0.2) is 0 Å². The lowest BCUT2D eigenvalue weighted by atomic mass is 10.0. The van der Waals surface area contributed by atoms with Crippen molar-refractivity contribution in [2.75, 3.05) is 33.9 Å². The topological polar surface area (TPSA) is 94.9 Å². The lowest BCUT2D eigenvalue weighted by molar-refractivity contribution is -0.00306. The smallest absolute Gasteiger partial charge is 0.407 e. The fourth-order valence-corrected chi connectivity index (χ4v) is 3.79. The van der Waals surface area contributed by atoms with Crippen molar-refractivity contribution in [1.29, 1.82) is 0 Å². The van der Waals surface area contributed by atoms with Gasteiger partial charge in [-0.05, 0) is 39.3 Å². The van der Waals surface area contributed by atoms with Crippen molar-refractivity contribution in [3.05, 3.63) is 34.7 Å². The maximum Gasteiger partial charge on any atom is 0.407 e. The van der Waals surface area contributed by atoms with Crippen LogP contribution in [0.1, 0.15) is 27.2 Å². The van der Waals surface area contributed by atoms with Gasteiger partial charge in [-0.1, -0.05) is 0 Å². The van der Waals surface area contributed by atoms with Crippen molar-refractivity contribution >= 4 is 17.1 Å². The van der Waals surface area contributed by atoms with E-state index in [0.29, 0.717) is 25.4 Å². The van der Waals surface area contributed by atoms with Crippen molar-refractivity contribution in [3.8, 4) is 5.75 Å². The number of hydrogen-bond acceptors (Lipinski definition) is 7. The van der Waals surface area contributed by atoms with Crippen molar-refractivity contribution < 1.29 is 19.0 Å². The average Bonchev–Trinajstić information content (AvgIpc) is 2.72. The molecule has 1 aliphatic heterocycles. The number of aromatic nitrogens is 2. The van der Waals surface area contributed by atoms with Gasteiger partial charge in [0.1, 0.15) is 11.4 Å². The predicted molar refractivity (Wildman–Crippen MR) is 118 cm³/mol. The highest BCUT2D eigenvalue weighted by atomic mass is 16.6. The van der Waals surface area contributed by atoms with Crippen LogP contribution in [0.3, 0.4) is 0 Å². The monoisotopic (exact) mass is 432 g/mol. The molecule has 0 spiro atoms. The summed E-state index contributed by atoms with van der Waals surface area (Å²) in [6, 6.07) is 5.39. The first-order valence-corrected chi connectivity index (χ1v) is 10.5. The Morgan fingerprint density at radius 1 is 1.26 bits per heavy atom. The molecule has 2 heterocycles. The molecule has 1 aliphatic rings. The summed E-state index contributed by atoms with van der Waals surface area (Å²) in [5.74, 6) is 0.683. The highest BCUT2D eigenvalue weighted by molar-refractivity contribution is 5.76. The van der Waals surface area contributed by atoms with Crippen LogP contribution in [-0.2, 0) is 16.0 Å². The van der Waals surface area contributed by atoms with E-state index in [-0.39, 0.29) is 17.7 Å². The number of fused-ring (bicyclic) bond motifs is 1. The molecule has 31 heavy (non-hydrogen) atoms. The molecule has 1 fully saturated rings. The number of likely N-dealkylation sites (tertiary alicyclic amines) is 1. The first kappa shape index (κ1) is 23.0. The normalized spacial score (nSPS) is 19.9. The van der Waals surface area contributed by atoms with Crippen molar-refractivity contribution in [2.24, 2.45) is 0 Å². The Morgan fingerprint density at radius 3 is 2.71 bits per heavy atom. The van der Waals surface area contributed by atoms with E-state index in [1.165, 1.54) is 6.20 Å². The first-order valence-electron chi connectivity index (χ1n) is 10.5. The second-order valence-electron chi connectivity index (χ2n) is 8.72. The number of carbonyl (C=O) groups excluding carboxylic acids is 1. The van der Waals surface area contributed by atoms with Crippen LogP contribution in [0.4, 0.5) is 4.79 Å². The molecule has 0 bridgehead atoms. The Morgan fingerprint density at radius 2 is 2.03 bits per heavy atom. The highest BCUT2D eigenvalue weighted by Crippen LogP contribution is 2.19. The van der Waals surface area contributed by atoms with Crippen LogP contribution in [0.25, 0.3) is 11.0 Å². The Bertz CT molecular complexity index is 969. The van der Waals surface area contributed by atoms with Gasteiger partial charge in [0.25, 0.3) is 5.56 Å². The Labute approximate surface area is 182 Å². The fourth-order valence-electron chi connectivity index (χ4n) is 3.79. The molecule has 0 aliphatic carbocycles. The fraction of sp³-hybridized carbons (Fsp3) is 0.591. The van der Waals surface area contributed by atoms with Gasteiger partial charge < -0.3 is 24.1 Å². The molecule has 2 atom stereocenters. The van der Waals surface area contributed by atoms with Gasteiger partial charge in [0, 0.05) is 39.4 Å². The van der Waals surface area contributed by atoms with E-state index >= 15 is 0 Å². The molecule has 1 aromatic heterocycles. The maximum absolute atomic E-state index is 12.5. The number of alkyl carbamates (subject to hydrolysis) is 1. The number of nitrogens with one attached hydrogen (secondary N) is 1. The molecule has 0 saturated carbocycles. The second kappa shape index (κ2) is 9.65. The number of rotatable bonds is 6. The molecule has 0 radical (unpaired) electrons. The zero-order chi connectivity index (χ0) is 22.6. The maximum atomic E-state index is 12.5. The summed E-state index contributed by atoms with van der Waals surface area (Å²) >= 11 is 0. The summed E-state index contributed by atoms with van der Waals surface area (Å²) in [5.41, 5.74) is 0.800. The first-order chi connectivity index (χ1) is 14.7. The zero-order valence-corrected chi connectivity index (χ0v) is 18.9. The summed E-state index contributed by atoms with van der Waals surface area (Å²) in [6.45, 7) is 8.14. The number of hydrogen-bond donors (Lipinski definition) is 1. The second-order valence-corrected chi connectivity index (χ2v) is 8.72. The third kappa shape index (κ3) is 5.95. The Hall–Kier alpha value is -2.65. The molecule has 9 heteroatoms.